The largest absolute Gasteiger partial charge is 0.465 e. The minimum absolute atomic E-state index is 0.00314. The standard InChI is InChI=1S/C9H16O3/c1-9(2,3)7-12-8(11)5-4-6-10/h6H,4-5,7H2,1-3H3. The molecule has 70 valence electrons. The smallest absolute Gasteiger partial charge is 0.306 e. The average Bonchev–Trinajstić information content (AvgIpc) is 1.95. The van der Waals surface area contributed by atoms with Gasteiger partial charge in [-0.1, -0.05) is 20.8 Å². The second-order valence-electron chi connectivity index (χ2n) is 3.93. The maximum absolute atomic E-state index is 10.9. The number of esters is 1. The van der Waals surface area contributed by atoms with Gasteiger partial charge in [-0.15, -0.1) is 0 Å². The SMILES string of the molecule is CC(C)(C)COC(=O)CCC=O. The minimum atomic E-state index is -0.294. The molecular weight excluding hydrogens is 156 g/mol. The minimum Gasteiger partial charge on any atom is -0.465 e. The first-order valence-electron chi connectivity index (χ1n) is 4.05. The first-order valence-corrected chi connectivity index (χ1v) is 4.05. The second-order valence-corrected chi connectivity index (χ2v) is 3.93. The molecule has 0 spiro atoms. The summed E-state index contributed by atoms with van der Waals surface area (Å²) >= 11 is 0. The zero-order valence-corrected chi connectivity index (χ0v) is 7.92. The second kappa shape index (κ2) is 4.91. The quantitative estimate of drug-likeness (QED) is 0.477. The Morgan fingerprint density at radius 3 is 2.42 bits per heavy atom. The van der Waals surface area contributed by atoms with Gasteiger partial charge in [-0.25, -0.2) is 0 Å². The molecule has 0 aliphatic carbocycles. The van der Waals surface area contributed by atoms with Gasteiger partial charge >= 0.3 is 5.97 Å². The third-order valence-corrected chi connectivity index (χ3v) is 1.13. The maximum Gasteiger partial charge on any atom is 0.306 e. The third-order valence-electron chi connectivity index (χ3n) is 1.13. The van der Waals surface area contributed by atoms with Crippen molar-refractivity contribution in [2.45, 2.75) is 33.6 Å². The van der Waals surface area contributed by atoms with Gasteiger partial charge in [0.1, 0.15) is 6.29 Å². The predicted molar refractivity (Wildman–Crippen MR) is 45.7 cm³/mol. The van der Waals surface area contributed by atoms with Gasteiger partial charge in [-0.3, -0.25) is 4.79 Å². The molecule has 0 aliphatic heterocycles. The lowest BCUT2D eigenvalue weighted by atomic mass is 9.99. The van der Waals surface area contributed by atoms with E-state index in [1.807, 2.05) is 20.8 Å². The van der Waals surface area contributed by atoms with Gasteiger partial charge in [0.25, 0.3) is 0 Å². The summed E-state index contributed by atoms with van der Waals surface area (Å²) in [6, 6.07) is 0. The zero-order chi connectivity index (χ0) is 9.61. The summed E-state index contributed by atoms with van der Waals surface area (Å²) in [5, 5.41) is 0. The van der Waals surface area contributed by atoms with Gasteiger partial charge in [0, 0.05) is 6.42 Å². The lowest BCUT2D eigenvalue weighted by Gasteiger charge is -2.17. The van der Waals surface area contributed by atoms with E-state index in [2.05, 4.69) is 0 Å². The van der Waals surface area contributed by atoms with E-state index in [1.165, 1.54) is 0 Å². The summed E-state index contributed by atoms with van der Waals surface area (Å²) in [6.45, 7) is 6.37. The molecule has 0 atom stereocenters. The van der Waals surface area contributed by atoms with Crippen molar-refractivity contribution in [2.75, 3.05) is 6.61 Å². The van der Waals surface area contributed by atoms with Crippen LogP contribution in [0, 0.1) is 5.41 Å². The van der Waals surface area contributed by atoms with Gasteiger partial charge < -0.3 is 9.53 Å². The number of ether oxygens (including phenoxy) is 1. The molecule has 12 heavy (non-hydrogen) atoms. The highest BCUT2D eigenvalue weighted by Crippen LogP contribution is 2.13. The van der Waals surface area contributed by atoms with Crippen molar-refractivity contribution < 1.29 is 14.3 Å². The number of carbonyl (C=O) groups excluding carboxylic acids is 2. The van der Waals surface area contributed by atoms with Crippen molar-refractivity contribution in [2.24, 2.45) is 5.41 Å². The van der Waals surface area contributed by atoms with Gasteiger partial charge in [0.05, 0.1) is 13.0 Å². The molecule has 3 nitrogen and oxygen atoms in total. The lowest BCUT2D eigenvalue weighted by molar-refractivity contribution is -0.146. The maximum atomic E-state index is 10.9. The van der Waals surface area contributed by atoms with Gasteiger partial charge in [-0.2, -0.15) is 0 Å². The van der Waals surface area contributed by atoms with E-state index in [0.29, 0.717) is 6.61 Å². The predicted octanol–water partition coefficient (Wildman–Crippen LogP) is 1.55. The summed E-state index contributed by atoms with van der Waals surface area (Å²) < 4.78 is 4.91. The van der Waals surface area contributed by atoms with E-state index < -0.39 is 0 Å². The molecule has 0 fully saturated rings. The molecule has 0 amide bonds. The van der Waals surface area contributed by atoms with Crippen LogP contribution >= 0.6 is 0 Å². The van der Waals surface area contributed by atoms with E-state index in [1.54, 1.807) is 0 Å². The number of aldehydes is 1. The van der Waals surface area contributed by atoms with Crippen LogP contribution < -0.4 is 0 Å². The Morgan fingerprint density at radius 2 is 2.00 bits per heavy atom. The fraction of sp³-hybridized carbons (Fsp3) is 0.778. The highest BCUT2D eigenvalue weighted by atomic mass is 16.5. The molecule has 3 heteroatoms. The Labute approximate surface area is 73.1 Å². The fourth-order valence-electron chi connectivity index (χ4n) is 0.546. The molecule has 0 rings (SSSR count). The Balaban J connectivity index is 3.51. The normalized spacial score (nSPS) is 10.9. The van der Waals surface area contributed by atoms with Crippen molar-refractivity contribution in [3.05, 3.63) is 0 Å². The van der Waals surface area contributed by atoms with Crippen LogP contribution in [-0.2, 0) is 14.3 Å². The van der Waals surface area contributed by atoms with Crippen LogP contribution in [-0.4, -0.2) is 18.9 Å². The molecule has 0 bridgehead atoms. The van der Waals surface area contributed by atoms with Crippen LogP contribution in [0.3, 0.4) is 0 Å². The van der Waals surface area contributed by atoms with E-state index >= 15 is 0 Å². The Bertz CT molecular complexity index is 156. The van der Waals surface area contributed by atoms with Crippen molar-refractivity contribution in [3.63, 3.8) is 0 Å². The molecule has 0 aromatic heterocycles. The third kappa shape index (κ3) is 7.25. The van der Waals surface area contributed by atoms with Crippen LogP contribution in [0.5, 0.6) is 0 Å². The molecule has 0 heterocycles. The van der Waals surface area contributed by atoms with Crippen LogP contribution in [0.15, 0.2) is 0 Å². The number of carbonyl (C=O) groups is 2. The highest BCUT2D eigenvalue weighted by Gasteiger charge is 2.12. The lowest BCUT2D eigenvalue weighted by Crippen LogP contribution is -2.18. The molecule has 0 aromatic carbocycles. The van der Waals surface area contributed by atoms with Gasteiger partial charge in [-0.05, 0) is 5.41 Å². The molecule has 0 radical (unpaired) electrons. The first kappa shape index (κ1) is 11.1. The fourth-order valence-corrected chi connectivity index (χ4v) is 0.546. The van der Waals surface area contributed by atoms with Crippen LogP contribution in [0.25, 0.3) is 0 Å². The molecule has 0 aliphatic rings. The molecular formula is C9H16O3. The molecule has 0 N–H and O–H groups in total. The summed E-state index contributed by atoms with van der Waals surface area (Å²) in [4.78, 5) is 20.8. The molecule has 0 saturated carbocycles. The number of rotatable bonds is 4. The Morgan fingerprint density at radius 1 is 1.42 bits per heavy atom. The Kier molecular flexibility index (Phi) is 4.55. The topological polar surface area (TPSA) is 43.4 Å². The highest BCUT2D eigenvalue weighted by molar-refractivity contribution is 5.72. The van der Waals surface area contributed by atoms with E-state index in [4.69, 9.17) is 4.74 Å². The van der Waals surface area contributed by atoms with Crippen molar-refractivity contribution >= 4 is 12.3 Å². The van der Waals surface area contributed by atoms with E-state index in [9.17, 15) is 9.59 Å². The zero-order valence-electron chi connectivity index (χ0n) is 7.92. The van der Waals surface area contributed by atoms with E-state index in [-0.39, 0.29) is 24.2 Å². The van der Waals surface area contributed by atoms with Gasteiger partial charge in [0.15, 0.2) is 0 Å². The van der Waals surface area contributed by atoms with Gasteiger partial charge in [0.2, 0.25) is 0 Å². The molecule has 0 saturated heterocycles. The van der Waals surface area contributed by atoms with Crippen molar-refractivity contribution in [3.8, 4) is 0 Å². The summed E-state index contributed by atoms with van der Waals surface area (Å²) in [7, 11) is 0. The monoisotopic (exact) mass is 172 g/mol. The number of hydrogen-bond acceptors (Lipinski definition) is 3. The van der Waals surface area contributed by atoms with Crippen molar-refractivity contribution in [1.82, 2.24) is 0 Å². The first-order chi connectivity index (χ1) is 5.45. The molecule has 0 unspecified atom stereocenters. The van der Waals surface area contributed by atoms with Crippen LogP contribution in [0.1, 0.15) is 33.6 Å². The van der Waals surface area contributed by atoms with Crippen molar-refractivity contribution in [1.29, 1.82) is 0 Å². The summed E-state index contributed by atoms with van der Waals surface area (Å²) in [6.07, 6.45) is 1.17. The van der Waals surface area contributed by atoms with Crippen LogP contribution in [0.2, 0.25) is 0 Å². The average molecular weight is 172 g/mol. The Hall–Kier alpha value is -0.860. The number of hydrogen-bond donors (Lipinski definition) is 0. The van der Waals surface area contributed by atoms with Crippen LogP contribution in [0.4, 0.5) is 0 Å². The molecule has 0 aromatic rings. The summed E-state index contributed by atoms with van der Waals surface area (Å²) in [5.74, 6) is -0.294. The summed E-state index contributed by atoms with van der Waals surface area (Å²) in [5.41, 5.74) is -0.00314. The van der Waals surface area contributed by atoms with E-state index in [0.717, 1.165) is 6.29 Å².